The Hall–Kier alpha value is -0.120. The molecule has 0 aliphatic rings. The lowest BCUT2D eigenvalue weighted by Gasteiger charge is -2.21. The molecule has 3 heteroatoms. The van der Waals surface area contributed by atoms with Gasteiger partial charge in [0.1, 0.15) is 0 Å². The molecule has 0 rings (SSSR count). The van der Waals surface area contributed by atoms with E-state index in [1.54, 1.807) is 0 Å². The lowest BCUT2D eigenvalue weighted by molar-refractivity contribution is 0.0559. The van der Waals surface area contributed by atoms with Crippen LogP contribution in [0.15, 0.2) is 0 Å². The van der Waals surface area contributed by atoms with Gasteiger partial charge in [-0.05, 0) is 32.7 Å². The van der Waals surface area contributed by atoms with Gasteiger partial charge in [0.2, 0.25) is 0 Å². The van der Waals surface area contributed by atoms with Crippen LogP contribution in [-0.4, -0.2) is 35.5 Å². The average molecular weight is 175 g/mol. The Bertz CT molecular complexity index is 105. The molecule has 0 fully saturated rings. The van der Waals surface area contributed by atoms with Crippen molar-refractivity contribution >= 4 is 0 Å². The molecule has 0 saturated heterocycles. The van der Waals surface area contributed by atoms with Gasteiger partial charge in [-0.3, -0.25) is 0 Å². The minimum Gasteiger partial charge on any atom is -0.396 e. The zero-order valence-electron chi connectivity index (χ0n) is 8.14. The van der Waals surface area contributed by atoms with Gasteiger partial charge < -0.3 is 15.5 Å². The number of nitrogens with one attached hydrogen (secondary N) is 1. The molecule has 0 aliphatic carbocycles. The lowest BCUT2D eigenvalue weighted by Crippen LogP contribution is -2.37. The number of aliphatic hydroxyl groups is 2. The Kier molecular flexibility index (Phi) is 6.34. The summed E-state index contributed by atoms with van der Waals surface area (Å²) in [4.78, 5) is 0. The second-order valence-electron chi connectivity index (χ2n) is 3.46. The van der Waals surface area contributed by atoms with E-state index < -0.39 is 5.60 Å². The lowest BCUT2D eigenvalue weighted by atomic mass is 10.0. The second kappa shape index (κ2) is 6.40. The van der Waals surface area contributed by atoms with Crippen LogP contribution in [-0.2, 0) is 0 Å². The molecular weight excluding hydrogens is 154 g/mol. The van der Waals surface area contributed by atoms with E-state index in [0.29, 0.717) is 6.54 Å². The third-order valence-corrected chi connectivity index (χ3v) is 2.03. The quantitative estimate of drug-likeness (QED) is 0.494. The van der Waals surface area contributed by atoms with E-state index in [4.69, 9.17) is 5.11 Å². The summed E-state index contributed by atoms with van der Waals surface area (Å²) in [7, 11) is 0. The van der Waals surface area contributed by atoms with Crippen molar-refractivity contribution in [2.24, 2.45) is 0 Å². The highest BCUT2D eigenvalue weighted by molar-refractivity contribution is 4.72. The highest BCUT2D eigenvalue weighted by atomic mass is 16.3. The molecule has 0 aliphatic heterocycles. The molecule has 0 amide bonds. The van der Waals surface area contributed by atoms with Crippen LogP contribution >= 0.6 is 0 Å². The van der Waals surface area contributed by atoms with Gasteiger partial charge in [0, 0.05) is 13.2 Å². The summed E-state index contributed by atoms with van der Waals surface area (Å²) in [5.74, 6) is 0. The van der Waals surface area contributed by atoms with Crippen LogP contribution in [0.2, 0.25) is 0 Å². The highest BCUT2D eigenvalue weighted by Gasteiger charge is 2.15. The van der Waals surface area contributed by atoms with Gasteiger partial charge in [0.05, 0.1) is 5.60 Å². The first-order valence-electron chi connectivity index (χ1n) is 4.66. The van der Waals surface area contributed by atoms with E-state index in [1.165, 1.54) is 0 Å². The minimum atomic E-state index is -0.584. The summed E-state index contributed by atoms with van der Waals surface area (Å²) in [6.45, 7) is 5.55. The van der Waals surface area contributed by atoms with Gasteiger partial charge in [0.25, 0.3) is 0 Å². The molecule has 3 N–H and O–H groups in total. The Morgan fingerprint density at radius 3 is 2.50 bits per heavy atom. The van der Waals surface area contributed by atoms with Crippen LogP contribution in [0.3, 0.4) is 0 Å². The molecule has 1 atom stereocenters. The van der Waals surface area contributed by atoms with Crippen molar-refractivity contribution in [1.29, 1.82) is 0 Å². The minimum absolute atomic E-state index is 0.256. The van der Waals surface area contributed by atoms with E-state index in [0.717, 1.165) is 25.8 Å². The first-order chi connectivity index (χ1) is 5.62. The Labute approximate surface area is 74.8 Å². The smallest absolute Gasteiger partial charge is 0.0740 e. The first kappa shape index (κ1) is 11.9. The van der Waals surface area contributed by atoms with Crippen LogP contribution in [0.4, 0.5) is 0 Å². The zero-order chi connectivity index (χ0) is 9.45. The van der Waals surface area contributed by atoms with Gasteiger partial charge in [0.15, 0.2) is 0 Å². The fraction of sp³-hybridized carbons (Fsp3) is 1.00. The summed E-state index contributed by atoms with van der Waals surface area (Å²) in [6, 6.07) is 0. The van der Waals surface area contributed by atoms with Gasteiger partial charge >= 0.3 is 0 Å². The van der Waals surface area contributed by atoms with E-state index in [1.807, 2.05) is 13.8 Å². The predicted molar refractivity (Wildman–Crippen MR) is 50.1 cm³/mol. The number of unbranched alkanes of at least 4 members (excludes halogenated alkanes) is 1. The van der Waals surface area contributed by atoms with E-state index in [-0.39, 0.29) is 6.61 Å². The van der Waals surface area contributed by atoms with Crippen molar-refractivity contribution in [3.63, 3.8) is 0 Å². The molecule has 0 radical (unpaired) electrons. The molecule has 74 valence electrons. The maximum atomic E-state index is 9.57. The summed E-state index contributed by atoms with van der Waals surface area (Å²) in [5, 5.41) is 21.2. The van der Waals surface area contributed by atoms with Crippen LogP contribution in [0.25, 0.3) is 0 Å². The van der Waals surface area contributed by atoms with Crippen LogP contribution in [0.1, 0.15) is 33.1 Å². The molecular formula is C9H21NO2. The summed E-state index contributed by atoms with van der Waals surface area (Å²) >= 11 is 0. The van der Waals surface area contributed by atoms with E-state index >= 15 is 0 Å². The molecule has 1 unspecified atom stereocenters. The van der Waals surface area contributed by atoms with Gasteiger partial charge in [-0.25, -0.2) is 0 Å². The van der Waals surface area contributed by atoms with Gasteiger partial charge in [-0.15, -0.1) is 0 Å². The Balaban J connectivity index is 3.19. The summed E-state index contributed by atoms with van der Waals surface area (Å²) in [5.41, 5.74) is -0.584. The van der Waals surface area contributed by atoms with E-state index in [9.17, 15) is 5.11 Å². The predicted octanol–water partition coefficient (Wildman–Crippen LogP) is 0.510. The molecule has 0 spiro atoms. The van der Waals surface area contributed by atoms with Crippen LogP contribution in [0, 0.1) is 0 Å². The maximum Gasteiger partial charge on any atom is 0.0740 e. The zero-order valence-corrected chi connectivity index (χ0v) is 8.14. The highest BCUT2D eigenvalue weighted by Crippen LogP contribution is 2.05. The van der Waals surface area contributed by atoms with Gasteiger partial charge in [-0.2, -0.15) is 0 Å². The van der Waals surface area contributed by atoms with Crippen molar-refractivity contribution in [2.45, 2.75) is 38.7 Å². The Morgan fingerprint density at radius 1 is 1.33 bits per heavy atom. The van der Waals surface area contributed by atoms with Crippen molar-refractivity contribution in [2.75, 3.05) is 19.7 Å². The molecule has 0 saturated carbocycles. The molecule has 12 heavy (non-hydrogen) atoms. The largest absolute Gasteiger partial charge is 0.396 e. The number of rotatable bonds is 7. The van der Waals surface area contributed by atoms with Crippen molar-refractivity contribution in [3.8, 4) is 0 Å². The third kappa shape index (κ3) is 6.58. The first-order valence-corrected chi connectivity index (χ1v) is 4.66. The topological polar surface area (TPSA) is 52.5 Å². The Morgan fingerprint density at radius 2 is 2.00 bits per heavy atom. The van der Waals surface area contributed by atoms with Crippen molar-refractivity contribution in [1.82, 2.24) is 5.32 Å². The fourth-order valence-corrected chi connectivity index (χ4v) is 0.844. The molecule has 3 nitrogen and oxygen atoms in total. The van der Waals surface area contributed by atoms with E-state index in [2.05, 4.69) is 5.32 Å². The normalized spacial score (nSPS) is 16.0. The second-order valence-corrected chi connectivity index (χ2v) is 3.46. The SMILES string of the molecule is CCC(C)(O)CNCCCCO. The number of hydrogen-bond donors (Lipinski definition) is 3. The number of aliphatic hydroxyl groups excluding tert-OH is 1. The molecule has 0 heterocycles. The fourth-order valence-electron chi connectivity index (χ4n) is 0.844. The standard InChI is InChI=1S/C9H21NO2/c1-3-9(2,12)8-10-6-4-5-7-11/h10-12H,3-8H2,1-2H3. The third-order valence-electron chi connectivity index (χ3n) is 2.03. The number of hydrogen-bond acceptors (Lipinski definition) is 3. The average Bonchev–Trinajstić information content (AvgIpc) is 2.04. The monoisotopic (exact) mass is 175 g/mol. The molecule has 0 aromatic rings. The van der Waals surface area contributed by atoms with Crippen molar-refractivity contribution in [3.05, 3.63) is 0 Å². The maximum absolute atomic E-state index is 9.57. The van der Waals surface area contributed by atoms with Crippen molar-refractivity contribution < 1.29 is 10.2 Å². The van der Waals surface area contributed by atoms with Gasteiger partial charge in [-0.1, -0.05) is 6.92 Å². The van der Waals surface area contributed by atoms with Crippen LogP contribution in [0.5, 0.6) is 0 Å². The van der Waals surface area contributed by atoms with Crippen LogP contribution < -0.4 is 5.32 Å². The molecule has 0 bridgehead atoms. The summed E-state index contributed by atoms with van der Waals surface area (Å²) < 4.78 is 0. The summed E-state index contributed by atoms with van der Waals surface area (Å²) in [6.07, 6.45) is 2.57. The molecule has 0 aromatic heterocycles. The molecule has 0 aromatic carbocycles.